The zero-order valence-corrected chi connectivity index (χ0v) is 9.23. The van der Waals surface area contributed by atoms with E-state index in [4.69, 9.17) is 0 Å². The van der Waals surface area contributed by atoms with Crippen molar-refractivity contribution in [1.29, 1.82) is 0 Å². The van der Waals surface area contributed by atoms with Crippen LogP contribution in [0.3, 0.4) is 0 Å². The van der Waals surface area contributed by atoms with Gasteiger partial charge in [-0.05, 0) is 18.9 Å². The summed E-state index contributed by atoms with van der Waals surface area (Å²) in [5.41, 5.74) is -0.893. The number of carbonyl (C=O) groups is 2. The zero-order valence-electron chi connectivity index (χ0n) is 9.23. The normalized spacial score (nSPS) is 13.9. The number of benzene rings is 1. The molecule has 0 aliphatic heterocycles. The maximum absolute atomic E-state index is 11.4. The molecule has 86 valence electrons. The fourth-order valence-corrected chi connectivity index (χ4v) is 1.46. The summed E-state index contributed by atoms with van der Waals surface area (Å²) in [5.74, 6) is -2.22. The van der Waals surface area contributed by atoms with E-state index < -0.39 is 17.4 Å². The smallest absolute Gasteiger partial charge is 0.317 e. The van der Waals surface area contributed by atoms with Crippen LogP contribution in [0.4, 0.5) is 0 Å². The molecule has 0 N–H and O–H groups in total. The number of aliphatic carboxylic acids is 1. The number of rotatable bonds is 4. The van der Waals surface area contributed by atoms with Crippen molar-refractivity contribution in [3.63, 3.8) is 0 Å². The lowest BCUT2D eigenvalue weighted by molar-refractivity contribution is -0.317. The van der Waals surface area contributed by atoms with E-state index >= 15 is 0 Å². The molecular weight excluding hydrogens is 208 g/mol. The van der Waals surface area contributed by atoms with Gasteiger partial charge in [0.2, 0.25) is 0 Å². The van der Waals surface area contributed by atoms with Gasteiger partial charge in [-0.25, -0.2) is 0 Å². The van der Waals surface area contributed by atoms with E-state index in [0.717, 1.165) is 12.7 Å². The van der Waals surface area contributed by atoms with Crippen molar-refractivity contribution in [2.75, 3.05) is 7.11 Å². The molecule has 0 amide bonds. The maximum Gasteiger partial charge on any atom is 0.317 e. The van der Waals surface area contributed by atoms with Gasteiger partial charge >= 0.3 is 5.97 Å². The Morgan fingerprint density at radius 3 is 2.31 bits per heavy atom. The Morgan fingerprint density at radius 1 is 1.31 bits per heavy atom. The van der Waals surface area contributed by atoms with Gasteiger partial charge in [0.15, 0.2) is 0 Å². The Labute approximate surface area is 93.9 Å². The van der Waals surface area contributed by atoms with Crippen molar-refractivity contribution in [3.05, 3.63) is 35.9 Å². The lowest BCUT2D eigenvalue weighted by Gasteiger charge is -2.27. The molecule has 0 aromatic heterocycles. The van der Waals surface area contributed by atoms with Gasteiger partial charge in [-0.15, -0.1) is 0 Å². The summed E-state index contributed by atoms with van der Waals surface area (Å²) < 4.78 is 4.49. The highest BCUT2D eigenvalue weighted by Crippen LogP contribution is 2.23. The predicted octanol–water partition coefficient (Wildman–Crippen LogP) is 0.158. The monoisotopic (exact) mass is 221 g/mol. The van der Waals surface area contributed by atoms with Gasteiger partial charge in [0.25, 0.3) is 0 Å². The van der Waals surface area contributed by atoms with Crippen LogP contribution in [-0.2, 0) is 20.7 Å². The molecule has 0 bridgehead atoms. The van der Waals surface area contributed by atoms with Crippen molar-refractivity contribution in [2.24, 2.45) is 5.41 Å². The first kappa shape index (κ1) is 12.2. The molecule has 0 radical (unpaired) electrons. The van der Waals surface area contributed by atoms with Gasteiger partial charge in [0.05, 0.1) is 13.1 Å². The van der Waals surface area contributed by atoms with Crippen LogP contribution in [0.5, 0.6) is 0 Å². The van der Waals surface area contributed by atoms with Crippen molar-refractivity contribution in [1.82, 2.24) is 0 Å². The van der Waals surface area contributed by atoms with Crippen LogP contribution in [0.15, 0.2) is 30.3 Å². The SMILES string of the molecule is COC(=O)C(C)(Cc1ccccc1)C(=O)[O-]. The van der Waals surface area contributed by atoms with Crippen LogP contribution in [0.25, 0.3) is 0 Å². The minimum Gasteiger partial charge on any atom is -0.549 e. The average Bonchev–Trinajstić information content (AvgIpc) is 2.28. The molecule has 16 heavy (non-hydrogen) atoms. The molecule has 0 heterocycles. The Bertz CT molecular complexity index is 385. The second-order valence-corrected chi connectivity index (χ2v) is 3.77. The van der Waals surface area contributed by atoms with E-state index in [1.54, 1.807) is 24.3 Å². The molecule has 0 saturated heterocycles. The van der Waals surface area contributed by atoms with Crippen LogP contribution < -0.4 is 5.11 Å². The second-order valence-electron chi connectivity index (χ2n) is 3.77. The Balaban J connectivity index is 2.97. The highest BCUT2D eigenvalue weighted by Gasteiger charge is 2.36. The van der Waals surface area contributed by atoms with Gasteiger partial charge < -0.3 is 14.6 Å². The first-order chi connectivity index (χ1) is 7.50. The molecule has 1 rings (SSSR count). The van der Waals surface area contributed by atoms with Crippen LogP contribution in [0.1, 0.15) is 12.5 Å². The molecule has 0 aliphatic carbocycles. The maximum atomic E-state index is 11.4. The Kier molecular flexibility index (Phi) is 3.66. The van der Waals surface area contributed by atoms with E-state index in [0.29, 0.717) is 0 Å². The molecule has 4 heteroatoms. The second kappa shape index (κ2) is 4.79. The molecule has 4 nitrogen and oxygen atoms in total. The quantitative estimate of drug-likeness (QED) is 0.536. The molecule has 0 aliphatic rings. The highest BCUT2D eigenvalue weighted by atomic mass is 16.5. The fourth-order valence-electron chi connectivity index (χ4n) is 1.46. The van der Waals surface area contributed by atoms with Gasteiger partial charge in [-0.2, -0.15) is 0 Å². The number of esters is 1. The summed E-state index contributed by atoms with van der Waals surface area (Å²) in [6, 6.07) is 8.89. The number of hydrogen-bond donors (Lipinski definition) is 0. The van der Waals surface area contributed by atoms with Crippen LogP contribution in [0.2, 0.25) is 0 Å². The van der Waals surface area contributed by atoms with Gasteiger partial charge in [-0.1, -0.05) is 30.3 Å². The number of carboxylic acid groups (broad SMARTS) is 1. The van der Waals surface area contributed by atoms with Gasteiger partial charge in [-0.3, -0.25) is 4.79 Å². The molecule has 1 aromatic rings. The van der Waals surface area contributed by atoms with Crippen molar-refractivity contribution in [2.45, 2.75) is 13.3 Å². The molecule has 0 fully saturated rings. The highest BCUT2D eigenvalue weighted by molar-refractivity contribution is 5.98. The number of ether oxygens (including phenoxy) is 1. The molecule has 0 saturated carbocycles. The fraction of sp³-hybridized carbons (Fsp3) is 0.333. The standard InChI is InChI=1S/C12H14O4/c1-12(10(13)14,11(15)16-2)8-9-6-4-3-5-7-9/h3-7H,8H2,1-2H3,(H,13,14)/p-1. The van der Waals surface area contributed by atoms with Crippen molar-refractivity contribution >= 4 is 11.9 Å². The van der Waals surface area contributed by atoms with E-state index in [9.17, 15) is 14.7 Å². The van der Waals surface area contributed by atoms with Crippen molar-refractivity contribution in [3.8, 4) is 0 Å². The lowest BCUT2D eigenvalue weighted by atomic mass is 9.84. The minimum absolute atomic E-state index is 0.0584. The van der Waals surface area contributed by atoms with E-state index in [1.165, 1.54) is 6.92 Å². The topological polar surface area (TPSA) is 66.4 Å². The van der Waals surface area contributed by atoms with Gasteiger partial charge in [0.1, 0.15) is 5.41 Å². The summed E-state index contributed by atoms with van der Waals surface area (Å²) in [7, 11) is 1.16. The lowest BCUT2D eigenvalue weighted by Crippen LogP contribution is -2.47. The van der Waals surface area contributed by atoms with Crippen molar-refractivity contribution < 1.29 is 19.4 Å². The third-order valence-electron chi connectivity index (χ3n) is 2.49. The largest absolute Gasteiger partial charge is 0.549 e. The molecule has 0 spiro atoms. The summed E-state index contributed by atoms with van der Waals surface area (Å²) in [4.78, 5) is 22.5. The Hall–Kier alpha value is -1.84. The van der Waals surface area contributed by atoms with Gasteiger partial charge in [0, 0.05) is 0 Å². The van der Waals surface area contributed by atoms with E-state index in [-0.39, 0.29) is 6.42 Å². The molecule has 1 aromatic carbocycles. The summed E-state index contributed by atoms with van der Waals surface area (Å²) in [6.45, 7) is 1.31. The third kappa shape index (κ3) is 2.39. The number of methoxy groups -OCH3 is 1. The summed E-state index contributed by atoms with van der Waals surface area (Å²) in [5, 5.41) is 11.0. The average molecular weight is 221 g/mol. The number of carbonyl (C=O) groups excluding carboxylic acids is 2. The molecular formula is C12H13O4-. The zero-order chi connectivity index (χ0) is 12.2. The Morgan fingerprint density at radius 2 is 1.88 bits per heavy atom. The van der Waals surface area contributed by atoms with Crippen LogP contribution >= 0.6 is 0 Å². The first-order valence-electron chi connectivity index (χ1n) is 4.84. The third-order valence-corrected chi connectivity index (χ3v) is 2.49. The number of carboxylic acids is 1. The van der Waals surface area contributed by atoms with E-state index in [2.05, 4.69) is 4.74 Å². The number of hydrogen-bond acceptors (Lipinski definition) is 4. The summed E-state index contributed by atoms with van der Waals surface area (Å²) >= 11 is 0. The van der Waals surface area contributed by atoms with Crippen LogP contribution in [-0.4, -0.2) is 19.0 Å². The first-order valence-corrected chi connectivity index (χ1v) is 4.84. The van der Waals surface area contributed by atoms with Crippen LogP contribution in [0, 0.1) is 5.41 Å². The minimum atomic E-state index is -1.64. The predicted molar refractivity (Wildman–Crippen MR) is 55.3 cm³/mol. The summed E-state index contributed by atoms with van der Waals surface area (Å²) in [6.07, 6.45) is 0.0584. The molecule has 1 atom stereocenters. The van der Waals surface area contributed by atoms with E-state index in [1.807, 2.05) is 6.07 Å². The molecule has 1 unspecified atom stereocenters.